The molecule has 16 heavy (non-hydrogen) atoms. The van der Waals surface area contributed by atoms with Crippen LogP contribution in [0, 0.1) is 11.8 Å². The van der Waals surface area contributed by atoms with Crippen LogP contribution < -0.4 is 0 Å². The summed E-state index contributed by atoms with van der Waals surface area (Å²) >= 11 is 1.54. The maximum absolute atomic E-state index is 9.76. The zero-order valence-electron chi connectivity index (χ0n) is 8.42. The van der Waals surface area contributed by atoms with Crippen molar-refractivity contribution in [3.63, 3.8) is 0 Å². The first kappa shape index (κ1) is 10.7. The minimum absolute atomic E-state index is 0.183. The van der Waals surface area contributed by atoms with E-state index in [4.69, 9.17) is 5.11 Å². The third-order valence-electron chi connectivity index (χ3n) is 2.06. The maximum Gasteiger partial charge on any atom is 0.140 e. The first-order chi connectivity index (χ1) is 7.75. The molecule has 0 saturated carbocycles. The summed E-state index contributed by atoms with van der Waals surface area (Å²) in [7, 11) is 0. The Hall–Kier alpha value is -1.76. The predicted octanol–water partition coefficient (Wildman–Crippen LogP) is 2.54. The lowest BCUT2D eigenvalue weighted by Gasteiger charge is -2.02. The first-order valence-electron chi connectivity index (χ1n) is 4.78. The highest BCUT2D eigenvalue weighted by Crippen LogP contribution is 2.16. The monoisotopic (exact) mass is 230 g/mol. The molecule has 0 aliphatic heterocycles. The molecular weight excluding hydrogens is 220 g/mol. The number of aliphatic hydroxyl groups is 1. The minimum Gasteiger partial charge on any atom is -0.508 e. The molecule has 2 rings (SSSR count). The van der Waals surface area contributed by atoms with E-state index in [9.17, 15) is 5.11 Å². The Bertz CT molecular complexity index is 503. The molecule has 0 fully saturated rings. The van der Waals surface area contributed by atoms with Crippen LogP contribution in [0.5, 0.6) is 5.75 Å². The lowest BCUT2D eigenvalue weighted by molar-refractivity contribution is 0.238. The van der Waals surface area contributed by atoms with Crippen molar-refractivity contribution in [3.05, 3.63) is 52.2 Å². The van der Waals surface area contributed by atoms with E-state index in [0.717, 1.165) is 4.88 Å². The van der Waals surface area contributed by atoms with Crippen LogP contribution >= 0.6 is 11.3 Å². The van der Waals surface area contributed by atoms with E-state index in [1.807, 2.05) is 17.5 Å². The van der Waals surface area contributed by atoms with E-state index in [-0.39, 0.29) is 5.75 Å². The summed E-state index contributed by atoms with van der Waals surface area (Å²) in [4.78, 5) is 0.929. The molecule has 3 heteroatoms. The second-order valence-corrected chi connectivity index (χ2v) is 4.19. The molecule has 0 aliphatic rings. The molecule has 0 spiro atoms. The molecular formula is C13H10O2S. The van der Waals surface area contributed by atoms with Crippen LogP contribution in [0.25, 0.3) is 0 Å². The van der Waals surface area contributed by atoms with Gasteiger partial charge in [0.2, 0.25) is 0 Å². The number of aliphatic hydroxyl groups excluding tert-OH is 1. The Morgan fingerprint density at radius 2 is 1.88 bits per heavy atom. The van der Waals surface area contributed by atoms with E-state index in [1.165, 1.54) is 23.5 Å². The number of aromatic hydroxyl groups is 1. The summed E-state index contributed by atoms with van der Waals surface area (Å²) in [5.74, 6) is 5.83. The minimum atomic E-state index is -0.817. The van der Waals surface area contributed by atoms with Crippen molar-refractivity contribution in [3.8, 4) is 17.6 Å². The Balaban J connectivity index is 2.14. The lowest BCUT2D eigenvalue weighted by Crippen LogP contribution is -1.92. The molecule has 1 heterocycles. The molecule has 0 saturated heterocycles. The van der Waals surface area contributed by atoms with Crippen LogP contribution in [0.1, 0.15) is 16.5 Å². The van der Waals surface area contributed by atoms with Crippen LogP contribution in [0.15, 0.2) is 41.8 Å². The van der Waals surface area contributed by atoms with E-state index in [2.05, 4.69) is 11.8 Å². The molecule has 0 aliphatic carbocycles. The van der Waals surface area contributed by atoms with Gasteiger partial charge in [-0.15, -0.1) is 11.3 Å². The molecule has 0 amide bonds. The molecule has 1 aromatic carbocycles. The zero-order chi connectivity index (χ0) is 11.4. The van der Waals surface area contributed by atoms with Gasteiger partial charge in [0.15, 0.2) is 0 Å². The van der Waals surface area contributed by atoms with Crippen molar-refractivity contribution < 1.29 is 10.2 Å². The van der Waals surface area contributed by atoms with Gasteiger partial charge in [-0.3, -0.25) is 0 Å². The molecule has 2 nitrogen and oxygen atoms in total. The van der Waals surface area contributed by atoms with Crippen LogP contribution in [0.2, 0.25) is 0 Å². The van der Waals surface area contributed by atoms with Crippen molar-refractivity contribution in [1.29, 1.82) is 0 Å². The SMILES string of the molecule is Oc1ccc(C(O)C#Cc2cccs2)cc1. The maximum atomic E-state index is 9.76. The third kappa shape index (κ3) is 2.63. The number of thiophene rings is 1. The molecule has 1 aromatic heterocycles. The Morgan fingerprint density at radius 3 is 2.50 bits per heavy atom. The van der Waals surface area contributed by atoms with Gasteiger partial charge in [0.25, 0.3) is 0 Å². The van der Waals surface area contributed by atoms with Gasteiger partial charge in [0.05, 0.1) is 4.88 Å². The van der Waals surface area contributed by atoms with Crippen molar-refractivity contribution >= 4 is 11.3 Å². The number of hydrogen-bond donors (Lipinski definition) is 2. The van der Waals surface area contributed by atoms with Crippen LogP contribution in [0.3, 0.4) is 0 Å². The van der Waals surface area contributed by atoms with E-state index < -0.39 is 6.10 Å². The van der Waals surface area contributed by atoms with Crippen molar-refractivity contribution in [1.82, 2.24) is 0 Å². The normalized spacial score (nSPS) is 11.6. The highest BCUT2D eigenvalue weighted by Gasteiger charge is 2.02. The van der Waals surface area contributed by atoms with Gasteiger partial charge >= 0.3 is 0 Å². The van der Waals surface area contributed by atoms with Gasteiger partial charge in [-0.2, -0.15) is 0 Å². The van der Waals surface area contributed by atoms with E-state index >= 15 is 0 Å². The predicted molar refractivity (Wildman–Crippen MR) is 64.3 cm³/mol. The quantitative estimate of drug-likeness (QED) is 0.739. The standard InChI is InChI=1S/C13H10O2S/c14-11-5-3-10(4-6-11)13(15)8-7-12-2-1-9-16-12/h1-6,9,13-15H. The largest absolute Gasteiger partial charge is 0.508 e. The van der Waals surface area contributed by atoms with Crippen LogP contribution in [0.4, 0.5) is 0 Å². The number of phenols is 1. The van der Waals surface area contributed by atoms with Gasteiger partial charge in [-0.1, -0.05) is 30.0 Å². The molecule has 2 N–H and O–H groups in total. The Kier molecular flexibility index (Phi) is 3.25. The van der Waals surface area contributed by atoms with E-state index in [1.54, 1.807) is 12.1 Å². The third-order valence-corrected chi connectivity index (χ3v) is 2.85. The number of hydrogen-bond acceptors (Lipinski definition) is 3. The molecule has 1 unspecified atom stereocenters. The summed E-state index contributed by atoms with van der Waals surface area (Å²) in [6.45, 7) is 0. The fourth-order valence-electron chi connectivity index (χ4n) is 1.23. The number of phenolic OH excluding ortho intramolecular Hbond substituents is 1. The van der Waals surface area contributed by atoms with Crippen molar-refractivity contribution in [2.45, 2.75) is 6.10 Å². The van der Waals surface area contributed by atoms with Gasteiger partial charge in [0.1, 0.15) is 11.9 Å². The lowest BCUT2D eigenvalue weighted by atomic mass is 10.1. The smallest absolute Gasteiger partial charge is 0.140 e. The Labute approximate surface area is 97.8 Å². The van der Waals surface area contributed by atoms with Gasteiger partial charge in [-0.05, 0) is 29.1 Å². The molecule has 80 valence electrons. The fraction of sp³-hybridized carbons (Fsp3) is 0.0769. The van der Waals surface area contributed by atoms with Crippen LogP contribution in [-0.4, -0.2) is 10.2 Å². The molecule has 0 bridgehead atoms. The highest BCUT2D eigenvalue weighted by molar-refractivity contribution is 7.10. The van der Waals surface area contributed by atoms with Gasteiger partial charge in [-0.25, -0.2) is 0 Å². The highest BCUT2D eigenvalue weighted by atomic mass is 32.1. The first-order valence-corrected chi connectivity index (χ1v) is 5.66. The van der Waals surface area contributed by atoms with Crippen LogP contribution in [-0.2, 0) is 0 Å². The second kappa shape index (κ2) is 4.84. The summed E-state index contributed by atoms with van der Waals surface area (Å²) < 4.78 is 0. The van der Waals surface area contributed by atoms with Crippen molar-refractivity contribution in [2.75, 3.05) is 0 Å². The second-order valence-electron chi connectivity index (χ2n) is 3.24. The zero-order valence-corrected chi connectivity index (χ0v) is 9.24. The average Bonchev–Trinajstić information content (AvgIpc) is 2.80. The summed E-state index contributed by atoms with van der Waals surface area (Å²) in [5.41, 5.74) is 0.682. The number of benzene rings is 1. The molecule has 1 atom stereocenters. The van der Waals surface area contributed by atoms with Gasteiger partial charge in [0, 0.05) is 0 Å². The Morgan fingerprint density at radius 1 is 1.12 bits per heavy atom. The molecule has 0 radical (unpaired) electrons. The van der Waals surface area contributed by atoms with Crippen molar-refractivity contribution in [2.24, 2.45) is 0 Å². The summed E-state index contributed by atoms with van der Waals surface area (Å²) in [6.07, 6.45) is -0.817. The average molecular weight is 230 g/mol. The number of rotatable bonds is 1. The summed E-state index contributed by atoms with van der Waals surface area (Å²) in [6, 6.07) is 10.2. The van der Waals surface area contributed by atoms with Gasteiger partial charge < -0.3 is 10.2 Å². The topological polar surface area (TPSA) is 40.5 Å². The fourth-order valence-corrected chi connectivity index (χ4v) is 1.81. The molecule has 2 aromatic rings. The van der Waals surface area contributed by atoms with E-state index in [0.29, 0.717) is 5.56 Å². The summed E-state index contributed by atoms with van der Waals surface area (Å²) in [5, 5.41) is 20.8.